The van der Waals surface area contributed by atoms with E-state index < -0.39 is 6.36 Å². The van der Waals surface area contributed by atoms with Crippen LogP contribution >= 0.6 is 0 Å². The molecule has 1 heterocycles. The molecule has 0 amide bonds. The van der Waals surface area contributed by atoms with Crippen LogP contribution in [0.15, 0.2) is 36.7 Å². The Morgan fingerprint density at radius 1 is 1.33 bits per heavy atom. The zero-order valence-corrected chi connectivity index (χ0v) is 9.53. The Morgan fingerprint density at radius 3 is 2.72 bits per heavy atom. The molecule has 1 unspecified atom stereocenters. The van der Waals surface area contributed by atoms with Crippen molar-refractivity contribution < 1.29 is 17.9 Å². The smallest absolute Gasteiger partial charge is 0.406 e. The van der Waals surface area contributed by atoms with Gasteiger partial charge in [0.1, 0.15) is 11.6 Å². The van der Waals surface area contributed by atoms with Crippen LogP contribution in [-0.2, 0) is 0 Å². The van der Waals surface area contributed by atoms with Gasteiger partial charge in [-0.25, -0.2) is 4.98 Å². The number of hydrogen-bond donors (Lipinski definition) is 1. The maximum atomic E-state index is 12.1. The van der Waals surface area contributed by atoms with Crippen molar-refractivity contribution in [2.75, 3.05) is 0 Å². The molecule has 6 heteroatoms. The first-order valence-electron chi connectivity index (χ1n) is 5.31. The van der Waals surface area contributed by atoms with E-state index in [-0.39, 0.29) is 11.7 Å². The molecule has 0 saturated carbocycles. The van der Waals surface area contributed by atoms with Crippen LogP contribution < -0.4 is 4.74 Å². The average Bonchev–Trinajstić information content (AvgIpc) is 2.79. The lowest BCUT2D eigenvalue weighted by Crippen LogP contribution is -2.17. The molecule has 0 bridgehead atoms. The first kappa shape index (κ1) is 12.5. The summed E-state index contributed by atoms with van der Waals surface area (Å²) in [5.41, 5.74) is 0.701. The molecule has 18 heavy (non-hydrogen) atoms. The molecule has 1 aromatic carbocycles. The molecule has 0 fully saturated rings. The number of imidazole rings is 1. The molecule has 0 aliphatic rings. The van der Waals surface area contributed by atoms with Crippen LogP contribution in [0.5, 0.6) is 5.75 Å². The van der Waals surface area contributed by atoms with E-state index in [4.69, 9.17) is 0 Å². The minimum absolute atomic E-state index is 0.128. The SMILES string of the molecule is CC(c1cccc(OC(F)(F)F)c1)c1ncc[nH]1. The second-order valence-corrected chi connectivity index (χ2v) is 3.82. The second-order valence-electron chi connectivity index (χ2n) is 3.82. The highest BCUT2D eigenvalue weighted by Crippen LogP contribution is 2.27. The molecule has 2 aromatic rings. The van der Waals surface area contributed by atoms with Gasteiger partial charge in [-0.15, -0.1) is 13.2 Å². The first-order chi connectivity index (χ1) is 8.46. The summed E-state index contributed by atoms with van der Waals surface area (Å²) in [7, 11) is 0. The number of nitrogens with one attached hydrogen (secondary N) is 1. The van der Waals surface area contributed by atoms with Crippen LogP contribution in [0.25, 0.3) is 0 Å². The van der Waals surface area contributed by atoms with Crippen LogP contribution in [0.2, 0.25) is 0 Å². The van der Waals surface area contributed by atoms with Crippen molar-refractivity contribution in [3.05, 3.63) is 48.0 Å². The molecule has 0 aliphatic heterocycles. The number of ether oxygens (including phenoxy) is 1. The molecular formula is C12H11F3N2O. The van der Waals surface area contributed by atoms with Crippen molar-refractivity contribution in [1.82, 2.24) is 9.97 Å². The van der Waals surface area contributed by atoms with E-state index in [9.17, 15) is 13.2 Å². The van der Waals surface area contributed by atoms with E-state index in [1.165, 1.54) is 18.2 Å². The molecule has 3 nitrogen and oxygen atoms in total. The summed E-state index contributed by atoms with van der Waals surface area (Å²) in [5, 5.41) is 0. The van der Waals surface area contributed by atoms with Crippen LogP contribution in [0.4, 0.5) is 13.2 Å². The Bertz CT molecular complexity index is 508. The van der Waals surface area contributed by atoms with Gasteiger partial charge in [-0.05, 0) is 17.7 Å². The van der Waals surface area contributed by atoms with E-state index in [2.05, 4.69) is 14.7 Å². The van der Waals surface area contributed by atoms with Crippen LogP contribution in [0.1, 0.15) is 24.2 Å². The molecule has 2 rings (SSSR count). The molecule has 0 saturated heterocycles. The highest BCUT2D eigenvalue weighted by atomic mass is 19.4. The van der Waals surface area contributed by atoms with Gasteiger partial charge in [0.15, 0.2) is 0 Å². The molecule has 0 radical (unpaired) electrons. The monoisotopic (exact) mass is 256 g/mol. The Hall–Kier alpha value is -1.98. The standard InChI is InChI=1S/C12H11F3N2O/c1-8(11-16-5-6-17-11)9-3-2-4-10(7-9)18-12(13,14)15/h2-8H,1H3,(H,16,17). The lowest BCUT2D eigenvalue weighted by atomic mass is 10.0. The number of rotatable bonds is 3. The van der Waals surface area contributed by atoms with Gasteiger partial charge in [0.2, 0.25) is 0 Å². The Morgan fingerprint density at radius 2 is 2.11 bits per heavy atom. The van der Waals surface area contributed by atoms with Crippen molar-refractivity contribution in [1.29, 1.82) is 0 Å². The Kier molecular flexibility index (Phi) is 3.27. The molecule has 0 aliphatic carbocycles. The minimum Gasteiger partial charge on any atom is -0.406 e. The van der Waals surface area contributed by atoms with Gasteiger partial charge in [-0.1, -0.05) is 19.1 Å². The summed E-state index contributed by atoms with van der Waals surface area (Å²) in [6.07, 6.45) is -1.41. The van der Waals surface area contributed by atoms with Gasteiger partial charge in [0.05, 0.1) is 0 Å². The predicted octanol–water partition coefficient (Wildman–Crippen LogP) is 3.46. The third-order valence-electron chi connectivity index (χ3n) is 2.52. The number of hydrogen-bond acceptors (Lipinski definition) is 2. The van der Waals surface area contributed by atoms with E-state index in [1.54, 1.807) is 18.5 Å². The number of nitrogens with zero attached hydrogens (tertiary/aromatic N) is 1. The van der Waals surface area contributed by atoms with Crippen LogP contribution in [0, 0.1) is 0 Å². The van der Waals surface area contributed by atoms with Gasteiger partial charge in [-0.3, -0.25) is 0 Å². The molecule has 0 spiro atoms. The van der Waals surface area contributed by atoms with Gasteiger partial charge in [0.25, 0.3) is 0 Å². The number of halogens is 3. The van der Waals surface area contributed by atoms with Gasteiger partial charge in [-0.2, -0.15) is 0 Å². The van der Waals surface area contributed by atoms with Gasteiger partial charge in [0, 0.05) is 18.3 Å². The topological polar surface area (TPSA) is 37.9 Å². The van der Waals surface area contributed by atoms with E-state index >= 15 is 0 Å². The lowest BCUT2D eigenvalue weighted by molar-refractivity contribution is -0.274. The summed E-state index contributed by atoms with van der Waals surface area (Å²) < 4.78 is 40.2. The van der Waals surface area contributed by atoms with E-state index in [1.807, 2.05) is 6.92 Å². The van der Waals surface area contributed by atoms with Crippen molar-refractivity contribution in [2.24, 2.45) is 0 Å². The summed E-state index contributed by atoms with van der Waals surface area (Å²) in [5.74, 6) is 0.342. The first-order valence-corrected chi connectivity index (χ1v) is 5.31. The largest absolute Gasteiger partial charge is 0.573 e. The van der Waals surface area contributed by atoms with E-state index in [0.29, 0.717) is 11.4 Å². The summed E-state index contributed by atoms with van der Waals surface area (Å²) in [6.45, 7) is 1.85. The predicted molar refractivity (Wildman–Crippen MR) is 59.2 cm³/mol. The maximum absolute atomic E-state index is 12.1. The van der Waals surface area contributed by atoms with Crippen molar-refractivity contribution in [3.8, 4) is 5.75 Å². The Labute approximate surface area is 102 Å². The van der Waals surface area contributed by atoms with Crippen molar-refractivity contribution >= 4 is 0 Å². The molecule has 1 atom stereocenters. The second kappa shape index (κ2) is 4.72. The number of aromatic amines is 1. The van der Waals surface area contributed by atoms with Crippen molar-refractivity contribution in [3.63, 3.8) is 0 Å². The number of alkyl halides is 3. The number of H-pyrrole nitrogens is 1. The third-order valence-corrected chi connectivity index (χ3v) is 2.52. The maximum Gasteiger partial charge on any atom is 0.573 e. The molecule has 1 aromatic heterocycles. The average molecular weight is 256 g/mol. The third kappa shape index (κ3) is 3.03. The fourth-order valence-corrected chi connectivity index (χ4v) is 1.65. The number of benzene rings is 1. The summed E-state index contributed by atoms with van der Waals surface area (Å²) >= 11 is 0. The van der Waals surface area contributed by atoms with Crippen LogP contribution in [-0.4, -0.2) is 16.3 Å². The van der Waals surface area contributed by atoms with E-state index in [0.717, 1.165) is 0 Å². The summed E-state index contributed by atoms with van der Waals surface area (Å²) in [6, 6.07) is 5.89. The Balaban J connectivity index is 2.22. The number of aromatic nitrogens is 2. The van der Waals surface area contributed by atoms with Gasteiger partial charge < -0.3 is 9.72 Å². The highest BCUT2D eigenvalue weighted by molar-refractivity contribution is 5.33. The minimum atomic E-state index is -4.67. The quantitative estimate of drug-likeness (QED) is 0.913. The van der Waals surface area contributed by atoms with Crippen LogP contribution in [0.3, 0.4) is 0 Å². The molecule has 1 N–H and O–H groups in total. The zero-order chi connectivity index (χ0) is 13.2. The highest BCUT2D eigenvalue weighted by Gasteiger charge is 2.31. The van der Waals surface area contributed by atoms with Gasteiger partial charge >= 0.3 is 6.36 Å². The summed E-state index contributed by atoms with van der Waals surface area (Å²) in [4.78, 5) is 7.01. The molecule has 96 valence electrons. The fourth-order valence-electron chi connectivity index (χ4n) is 1.65. The lowest BCUT2D eigenvalue weighted by Gasteiger charge is -2.13. The molecular weight excluding hydrogens is 245 g/mol. The normalized spacial score (nSPS) is 13.3. The van der Waals surface area contributed by atoms with Crippen molar-refractivity contribution in [2.45, 2.75) is 19.2 Å². The fraction of sp³-hybridized carbons (Fsp3) is 0.250. The zero-order valence-electron chi connectivity index (χ0n) is 9.53.